The first kappa shape index (κ1) is 15.6. The summed E-state index contributed by atoms with van der Waals surface area (Å²) in [6.45, 7) is 1.24. The lowest BCUT2D eigenvalue weighted by atomic mass is 9.99. The van der Waals surface area contributed by atoms with Gasteiger partial charge in [-0.2, -0.15) is 0 Å². The SMILES string of the molecule is CC(=O)Oc1cccc(COC(=O)O)c1Cc1ccccc1. The molecule has 0 heterocycles. The van der Waals surface area contributed by atoms with Crippen LogP contribution in [-0.2, 0) is 22.6 Å². The summed E-state index contributed by atoms with van der Waals surface area (Å²) in [6, 6.07) is 14.8. The van der Waals surface area contributed by atoms with Crippen LogP contribution in [0.2, 0.25) is 0 Å². The van der Waals surface area contributed by atoms with Gasteiger partial charge in [0.05, 0.1) is 0 Å². The average Bonchev–Trinajstić information content (AvgIpc) is 2.48. The van der Waals surface area contributed by atoms with Gasteiger partial charge in [0.2, 0.25) is 0 Å². The predicted octanol–water partition coefficient (Wildman–Crippen LogP) is 3.40. The molecule has 22 heavy (non-hydrogen) atoms. The fourth-order valence-corrected chi connectivity index (χ4v) is 2.14. The molecule has 2 aromatic carbocycles. The zero-order valence-electron chi connectivity index (χ0n) is 12.1. The summed E-state index contributed by atoms with van der Waals surface area (Å²) in [5, 5.41) is 8.66. The van der Waals surface area contributed by atoms with E-state index >= 15 is 0 Å². The van der Waals surface area contributed by atoms with Crippen molar-refractivity contribution in [3.63, 3.8) is 0 Å². The summed E-state index contributed by atoms with van der Waals surface area (Å²) < 4.78 is 9.87. The monoisotopic (exact) mass is 300 g/mol. The van der Waals surface area contributed by atoms with Gasteiger partial charge in [-0.15, -0.1) is 0 Å². The van der Waals surface area contributed by atoms with Gasteiger partial charge < -0.3 is 14.6 Å². The van der Waals surface area contributed by atoms with Crippen molar-refractivity contribution < 1.29 is 24.2 Å². The Hall–Kier alpha value is -2.82. The zero-order valence-corrected chi connectivity index (χ0v) is 12.1. The quantitative estimate of drug-likeness (QED) is 0.676. The number of hydrogen-bond donors (Lipinski definition) is 1. The summed E-state index contributed by atoms with van der Waals surface area (Å²) in [4.78, 5) is 21.8. The Balaban J connectivity index is 2.35. The van der Waals surface area contributed by atoms with E-state index in [1.807, 2.05) is 30.3 Å². The summed E-state index contributed by atoms with van der Waals surface area (Å²) in [5.41, 5.74) is 2.44. The van der Waals surface area contributed by atoms with Crippen LogP contribution in [0, 0.1) is 0 Å². The van der Waals surface area contributed by atoms with Crippen LogP contribution in [0.15, 0.2) is 48.5 Å². The lowest BCUT2D eigenvalue weighted by molar-refractivity contribution is -0.131. The normalized spacial score (nSPS) is 10.0. The van der Waals surface area contributed by atoms with E-state index in [0.717, 1.165) is 11.1 Å². The Bertz CT molecular complexity index is 664. The molecule has 5 nitrogen and oxygen atoms in total. The molecule has 5 heteroatoms. The molecule has 0 radical (unpaired) electrons. The highest BCUT2D eigenvalue weighted by Gasteiger charge is 2.13. The van der Waals surface area contributed by atoms with E-state index in [2.05, 4.69) is 4.74 Å². The van der Waals surface area contributed by atoms with Crippen molar-refractivity contribution in [2.45, 2.75) is 20.0 Å². The lowest BCUT2D eigenvalue weighted by Gasteiger charge is -2.14. The molecular formula is C17H16O5. The number of carbonyl (C=O) groups excluding carboxylic acids is 1. The van der Waals surface area contributed by atoms with Crippen LogP contribution in [0.3, 0.4) is 0 Å². The molecule has 0 aliphatic rings. The van der Waals surface area contributed by atoms with E-state index in [0.29, 0.717) is 17.7 Å². The van der Waals surface area contributed by atoms with E-state index in [-0.39, 0.29) is 6.61 Å². The van der Waals surface area contributed by atoms with Crippen molar-refractivity contribution in [1.29, 1.82) is 0 Å². The van der Waals surface area contributed by atoms with Gasteiger partial charge in [-0.05, 0) is 17.2 Å². The maximum absolute atomic E-state index is 11.2. The molecule has 0 aromatic heterocycles. The average molecular weight is 300 g/mol. The predicted molar refractivity (Wildman–Crippen MR) is 79.8 cm³/mol. The van der Waals surface area contributed by atoms with Crippen LogP contribution in [0.5, 0.6) is 5.75 Å². The van der Waals surface area contributed by atoms with E-state index in [4.69, 9.17) is 9.84 Å². The maximum Gasteiger partial charge on any atom is 0.506 e. The molecule has 1 N–H and O–H groups in total. The standard InChI is InChI=1S/C17H16O5/c1-12(18)22-16-9-5-8-14(11-21-17(19)20)15(16)10-13-6-3-2-4-7-13/h2-9H,10-11H2,1H3,(H,19,20). The van der Waals surface area contributed by atoms with Gasteiger partial charge in [0.25, 0.3) is 0 Å². The summed E-state index contributed by atoms with van der Waals surface area (Å²) in [5.74, 6) is -0.00606. The Morgan fingerprint density at radius 2 is 1.77 bits per heavy atom. The van der Waals surface area contributed by atoms with Crippen LogP contribution < -0.4 is 4.74 Å². The van der Waals surface area contributed by atoms with Gasteiger partial charge in [-0.25, -0.2) is 4.79 Å². The van der Waals surface area contributed by atoms with Crippen molar-refractivity contribution in [3.8, 4) is 5.75 Å². The molecule has 0 spiro atoms. The van der Waals surface area contributed by atoms with Crippen molar-refractivity contribution in [1.82, 2.24) is 0 Å². The fraction of sp³-hybridized carbons (Fsp3) is 0.176. The van der Waals surface area contributed by atoms with Crippen LogP contribution >= 0.6 is 0 Å². The highest BCUT2D eigenvalue weighted by atomic mass is 16.7. The number of ether oxygens (including phenoxy) is 2. The topological polar surface area (TPSA) is 72.8 Å². The number of benzene rings is 2. The minimum absolute atomic E-state index is 0.0907. The first-order valence-electron chi connectivity index (χ1n) is 6.75. The third-order valence-electron chi connectivity index (χ3n) is 3.06. The molecule has 2 rings (SSSR count). The first-order valence-corrected chi connectivity index (χ1v) is 6.75. The molecule has 0 unspecified atom stereocenters. The second-order valence-corrected chi connectivity index (χ2v) is 4.70. The van der Waals surface area contributed by atoms with Gasteiger partial charge in [0, 0.05) is 18.9 Å². The van der Waals surface area contributed by atoms with Gasteiger partial charge in [-0.1, -0.05) is 42.5 Å². The van der Waals surface area contributed by atoms with E-state index in [9.17, 15) is 9.59 Å². The highest BCUT2D eigenvalue weighted by molar-refractivity contribution is 5.70. The molecule has 2 aromatic rings. The number of carbonyl (C=O) groups is 2. The number of hydrogen-bond acceptors (Lipinski definition) is 4. The smallest absolute Gasteiger partial charge is 0.450 e. The van der Waals surface area contributed by atoms with Crippen LogP contribution in [0.1, 0.15) is 23.6 Å². The van der Waals surface area contributed by atoms with Crippen molar-refractivity contribution >= 4 is 12.1 Å². The minimum atomic E-state index is -1.34. The van der Waals surface area contributed by atoms with E-state index < -0.39 is 12.1 Å². The third-order valence-corrected chi connectivity index (χ3v) is 3.06. The number of rotatable bonds is 5. The molecule has 0 saturated heterocycles. The first-order chi connectivity index (χ1) is 10.6. The van der Waals surface area contributed by atoms with Crippen LogP contribution in [0.4, 0.5) is 4.79 Å². The molecule has 114 valence electrons. The van der Waals surface area contributed by atoms with Gasteiger partial charge in [0.15, 0.2) is 0 Å². The van der Waals surface area contributed by atoms with Crippen molar-refractivity contribution in [3.05, 3.63) is 65.2 Å². The van der Waals surface area contributed by atoms with Gasteiger partial charge in [-0.3, -0.25) is 4.79 Å². The molecule has 0 fully saturated rings. The molecular weight excluding hydrogens is 284 g/mol. The van der Waals surface area contributed by atoms with Gasteiger partial charge >= 0.3 is 12.1 Å². The number of carboxylic acid groups (broad SMARTS) is 1. The third kappa shape index (κ3) is 4.34. The Morgan fingerprint density at radius 3 is 2.41 bits per heavy atom. The molecule has 0 aliphatic carbocycles. The van der Waals surface area contributed by atoms with Crippen LogP contribution in [-0.4, -0.2) is 17.2 Å². The second-order valence-electron chi connectivity index (χ2n) is 4.70. The summed E-state index contributed by atoms with van der Waals surface area (Å²) >= 11 is 0. The lowest BCUT2D eigenvalue weighted by Crippen LogP contribution is -2.08. The Kier molecular flexibility index (Phi) is 5.14. The second kappa shape index (κ2) is 7.26. The summed E-state index contributed by atoms with van der Waals surface area (Å²) in [7, 11) is 0. The molecule has 0 amide bonds. The zero-order chi connectivity index (χ0) is 15.9. The fourth-order valence-electron chi connectivity index (χ4n) is 2.14. The van der Waals surface area contributed by atoms with Crippen molar-refractivity contribution in [2.24, 2.45) is 0 Å². The Morgan fingerprint density at radius 1 is 1.05 bits per heavy atom. The number of esters is 1. The largest absolute Gasteiger partial charge is 0.506 e. The van der Waals surface area contributed by atoms with E-state index in [1.165, 1.54) is 6.92 Å². The summed E-state index contributed by atoms with van der Waals surface area (Å²) in [6.07, 6.45) is -0.827. The molecule has 0 atom stereocenters. The molecule has 0 saturated carbocycles. The molecule has 0 bridgehead atoms. The Labute approximate surface area is 128 Å². The highest BCUT2D eigenvalue weighted by Crippen LogP contribution is 2.26. The maximum atomic E-state index is 11.2. The molecule has 0 aliphatic heterocycles. The van der Waals surface area contributed by atoms with Crippen LogP contribution in [0.25, 0.3) is 0 Å². The van der Waals surface area contributed by atoms with E-state index in [1.54, 1.807) is 18.2 Å². The minimum Gasteiger partial charge on any atom is -0.450 e. The van der Waals surface area contributed by atoms with Gasteiger partial charge in [0.1, 0.15) is 12.4 Å². The van der Waals surface area contributed by atoms with Crippen molar-refractivity contribution in [2.75, 3.05) is 0 Å².